The van der Waals surface area contributed by atoms with Crippen molar-refractivity contribution >= 4 is 23.5 Å². The molecule has 13 heteroatoms. The third kappa shape index (κ3) is 7.54. The number of ether oxygens (including phenoxy) is 1. The van der Waals surface area contributed by atoms with Crippen molar-refractivity contribution in [1.82, 2.24) is 25.1 Å². The van der Waals surface area contributed by atoms with Crippen LogP contribution >= 0.6 is 0 Å². The molecule has 13 nitrogen and oxygen atoms in total. The maximum Gasteiger partial charge on any atom is 0.412 e. The maximum atomic E-state index is 13.6. The van der Waals surface area contributed by atoms with Crippen LogP contribution in [0.2, 0.25) is 0 Å². The van der Waals surface area contributed by atoms with Crippen LogP contribution in [0.15, 0.2) is 69.9 Å². The van der Waals surface area contributed by atoms with E-state index in [9.17, 15) is 24.3 Å². The summed E-state index contributed by atoms with van der Waals surface area (Å²) in [4.78, 5) is 56.9. The van der Waals surface area contributed by atoms with Gasteiger partial charge in [-0.3, -0.25) is 24.3 Å². The zero-order chi connectivity index (χ0) is 32.0. The third-order valence-corrected chi connectivity index (χ3v) is 6.47. The molecule has 4 rings (SSSR count). The molecule has 2 amide bonds. The molecule has 0 radical (unpaired) electrons. The highest BCUT2D eigenvalue weighted by atomic mass is 16.5. The molecular formula is C31H34N6O7. The van der Waals surface area contributed by atoms with Crippen molar-refractivity contribution in [2.45, 2.75) is 59.2 Å². The Labute approximate surface area is 253 Å². The molecule has 2 aromatic carbocycles. The van der Waals surface area contributed by atoms with Gasteiger partial charge in [-0.2, -0.15) is 4.98 Å². The van der Waals surface area contributed by atoms with Crippen LogP contribution in [0, 0.1) is 5.92 Å². The number of benzene rings is 2. The number of nitrogens with one attached hydrogen (secondary N) is 2. The minimum atomic E-state index is -1.05. The van der Waals surface area contributed by atoms with E-state index in [-0.39, 0.29) is 30.1 Å². The van der Waals surface area contributed by atoms with E-state index in [1.54, 1.807) is 68.4 Å². The summed E-state index contributed by atoms with van der Waals surface area (Å²) in [5.74, 6) is -2.45. The summed E-state index contributed by atoms with van der Waals surface area (Å²) in [5.41, 5.74) is -0.844. The summed E-state index contributed by atoms with van der Waals surface area (Å²) < 4.78 is 11.7. The molecule has 2 aromatic heterocycles. The maximum absolute atomic E-state index is 13.6. The van der Waals surface area contributed by atoms with Crippen LogP contribution in [-0.4, -0.2) is 48.7 Å². The van der Waals surface area contributed by atoms with Gasteiger partial charge < -0.3 is 19.6 Å². The predicted octanol–water partition coefficient (Wildman–Crippen LogP) is 4.07. The van der Waals surface area contributed by atoms with E-state index in [2.05, 4.69) is 25.8 Å². The summed E-state index contributed by atoms with van der Waals surface area (Å²) in [5, 5.41) is 23.3. The summed E-state index contributed by atoms with van der Waals surface area (Å²) >= 11 is 0. The average Bonchev–Trinajstić information content (AvgIpc) is 3.50. The number of Topliss-reactive ketones (excluding diaryl/α,β-unsaturated/α-hetero) is 1. The lowest BCUT2D eigenvalue weighted by atomic mass is 9.97. The molecule has 4 aromatic rings. The minimum absolute atomic E-state index is 0.0365. The van der Waals surface area contributed by atoms with E-state index in [0.29, 0.717) is 11.1 Å². The number of anilines is 1. The predicted molar refractivity (Wildman–Crippen MR) is 160 cm³/mol. The normalized spacial score (nSPS) is 12.0. The highest BCUT2D eigenvalue weighted by Crippen LogP contribution is 2.24. The van der Waals surface area contributed by atoms with Gasteiger partial charge in [-0.05, 0) is 11.5 Å². The molecule has 0 saturated carbocycles. The Morgan fingerprint density at radius 1 is 1.00 bits per heavy atom. The van der Waals surface area contributed by atoms with E-state index in [1.807, 2.05) is 26.8 Å². The molecule has 0 saturated heterocycles. The SMILES string of the molecule is CC(C)C(NC(=O)Cn1c(-c2ccccc2)nc(O)c(NC(=O)OCc2ccccc2)c1=O)C(=O)c1nnc(C(C)(C)C)o1. The number of carbonyl (C=O) groups excluding carboxylic acids is 3. The Morgan fingerprint density at radius 2 is 1.64 bits per heavy atom. The topological polar surface area (TPSA) is 179 Å². The van der Waals surface area contributed by atoms with Crippen molar-refractivity contribution in [2.75, 3.05) is 5.32 Å². The first kappa shape index (κ1) is 31.6. The van der Waals surface area contributed by atoms with Gasteiger partial charge in [-0.1, -0.05) is 95.3 Å². The van der Waals surface area contributed by atoms with Gasteiger partial charge in [0.1, 0.15) is 19.0 Å². The van der Waals surface area contributed by atoms with Crippen LogP contribution in [0.1, 0.15) is 56.8 Å². The number of nitrogens with zero attached hydrogens (tertiary/aromatic N) is 4. The minimum Gasteiger partial charge on any atom is -0.492 e. The summed E-state index contributed by atoms with van der Waals surface area (Å²) in [7, 11) is 0. The van der Waals surface area contributed by atoms with E-state index < -0.39 is 52.9 Å². The average molecular weight is 603 g/mol. The van der Waals surface area contributed by atoms with Crippen molar-refractivity contribution in [3.8, 4) is 17.3 Å². The Hall–Kier alpha value is -5.33. The number of aromatic nitrogens is 4. The number of rotatable bonds is 10. The Morgan fingerprint density at radius 3 is 2.23 bits per heavy atom. The van der Waals surface area contributed by atoms with E-state index in [1.165, 1.54) is 0 Å². The number of amides is 2. The van der Waals surface area contributed by atoms with Gasteiger partial charge in [0.2, 0.25) is 23.5 Å². The number of aromatic hydroxyl groups is 1. The second kappa shape index (κ2) is 13.3. The summed E-state index contributed by atoms with van der Waals surface area (Å²) in [6, 6.07) is 16.2. The van der Waals surface area contributed by atoms with Crippen molar-refractivity contribution < 1.29 is 28.6 Å². The quantitative estimate of drug-likeness (QED) is 0.224. The molecule has 3 N–H and O–H groups in total. The number of hydrogen-bond acceptors (Lipinski definition) is 10. The Bertz CT molecular complexity index is 1690. The first-order valence-corrected chi connectivity index (χ1v) is 13.9. The standard InChI is InChI=1S/C31H34N6O7/c1-18(2)22(24(39)27-35-36-29(44-27)31(3,4)5)32-21(38)16-37-25(20-14-10-7-11-15-20)34-26(40)23(28(37)41)33-30(42)43-17-19-12-8-6-9-13-19/h6-15,18,22,40H,16-17H2,1-5H3,(H,32,38)(H,33,42). The smallest absolute Gasteiger partial charge is 0.412 e. The molecule has 0 spiro atoms. The van der Waals surface area contributed by atoms with E-state index in [4.69, 9.17) is 9.15 Å². The number of ketones is 1. The van der Waals surface area contributed by atoms with Gasteiger partial charge >= 0.3 is 6.09 Å². The molecule has 0 bridgehead atoms. The van der Waals surface area contributed by atoms with Crippen LogP contribution < -0.4 is 16.2 Å². The van der Waals surface area contributed by atoms with Gasteiger partial charge in [0.15, 0.2) is 5.69 Å². The molecule has 1 unspecified atom stereocenters. The van der Waals surface area contributed by atoms with Gasteiger partial charge in [0.25, 0.3) is 11.4 Å². The van der Waals surface area contributed by atoms with Crippen molar-refractivity contribution in [2.24, 2.45) is 5.92 Å². The van der Waals surface area contributed by atoms with Crippen LogP contribution in [0.25, 0.3) is 11.4 Å². The molecule has 230 valence electrons. The molecule has 0 aliphatic heterocycles. The van der Waals surface area contributed by atoms with Crippen LogP contribution in [0.5, 0.6) is 5.88 Å². The number of hydrogen-bond donors (Lipinski definition) is 3. The first-order chi connectivity index (χ1) is 20.8. The summed E-state index contributed by atoms with van der Waals surface area (Å²) in [6.07, 6.45) is -1.01. The van der Waals surface area contributed by atoms with E-state index >= 15 is 0 Å². The lowest BCUT2D eigenvalue weighted by Gasteiger charge is -2.21. The first-order valence-electron chi connectivity index (χ1n) is 13.9. The monoisotopic (exact) mass is 602 g/mol. The molecule has 44 heavy (non-hydrogen) atoms. The Kier molecular flexibility index (Phi) is 9.57. The summed E-state index contributed by atoms with van der Waals surface area (Å²) in [6.45, 7) is 8.36. The second-order valence-corrected chi connectivity index (χ2v) is 11.4. The van der Waals surface area contributed by atoms with Gasteiger partial charge in [0.05, 0.1) is 6.04 Å². The van der Waals surface area contributed by atoms with Crippen molar-refractivity contribution in [3.63, 3.8) is 0 Å². The zero-order valence-corrected chi connectivity index (χ0v) is 25.0. The lowest BCUT2D eigenvalue weighted by Crippen LogP contribution is -2.46. The van der Waals surface area contributed by atoms with Crippen LogP contribution in [-0.2, 0) is 28.1 Å². The van der Waals surface area contributed by atoms with E-state index in [0.717, 1.165) is 4.57 Å². The van der Waals surface area contributed by atoms with Crippen molar-refractivity contribution in [3.05, 3.63) is 88.4 Å². The second-order valence-electron chi connectivity index (χ2n) is 11.4. The van der Waals surface area contributed by atoms with Crippen LogP contribution in [0.4, 0.5) is 10.5 Å². The van der Waals surface area contributed by atoms with Gasteiger partial charge in [-0.25, -0.2) is 4.79 Å². The highest BCUT2D eigenvalue weighted by molar-refractivity contribution is 5.98. The molecule has 0 aliphatic carbocycles. The molecule has 0 fully saturated rings. The fraction of sp³-hybridized carbons (Fsp3) is 0.323. The third-order valence-electron chi connectivity index (χ3n) is 6.47. The molecule has 1 atom stereocenters. The lowest BCUT2D eigenvalue weighted by molar-refractivity contribution is -0.122. The van der Waals surface area contributed by atoms with Crippen LogP contribution in [0.3, 0.4) is 0 Å². The fourth-order valence-electron chi connectivity index (χ4n) is 4.12. The molecular weight excluding hydrogens is 568 g/mol. The van der Waals surface area contributed by atoms with Crippen molar-refractivity contribution in [1.29, 1.82) is 0 Å². The Balaban J connectivity index is 1.60. The highest BCUT2D eigenvalue weighted by Gasteiger charge is 2.32. The van der Waals surface area contributed by atoms with Gasteiger partial charge in [-0.15, -0.1) is 10.2 Å². The van der Waals surface area contributed by atoms with Gasteiger partial charge in [0, 0.05) is 11.0 Å². The number of carbonyl (C=O) groups is 3. The molecule has 0 aliphatic rings. The largest absolute Gasteiger partial charge is 0.492 e. The molecule has 2 heterocycles. The zero-order valence-electron chi connectivity index (χ0n) is 25.0. The fourth-order valence-corrected chi connectivity index (χ4v) is 4.12.